The standard InChI is InChI=1S/C12H17BrO3/c13-10-7-8-11(14)9(10)5-3-1-2-4-6-12(15)16/h1-8H2,(H,15,16). The van der Waals surface area contributed by atoms with Crippen molar-refractivity contribution in [3.05, 3.63) is 10.1 Å². The van der Waals surface area contributed by atoms with E-state index < -0.39 is 5.97 Å². The van der Waals surface area contributed by atoms with Crippen molar-refractivity contribution in [2.75, 3.05) is 0 Å². The zero-order chi connectivity index (χ0) is 12.0. The first-order valence-corrected chi connectivity index (χ1v) is 6.53. The molecule has 0 aliphatic heterocycles. The summed E-state index contributed by atoms with van der Waals surface area (Å²) in [4.78, 5) is 21.7. The second-order valence-electron chi connectivity index (χ2n) is 4.11. The Morgan fingerprint density at radius 2 is 1.88 bits per heavy atom. The number of aliphatic carboxylic acids is 1. The molecule has 0 aromatic heterocycles. The molecular weight excluding hydrogens is 272 g/mol. The van der Waals surface area contributed by atoms with Crippen LogP contribution in [0.3, 0.4) is 0 Å². The van der Waals surface area contributed by atoms with Gasteiger partial charge in [-0.3, -0.25) is 9.59 Å². The SMILES string of the molecule is O=C(O)CCCCCCC1=C(Br)CCC1=O. The van der Waals surface area contributed by atoms with Crippen molar-refractivity contribution in [2.45, 2.75) is 51.4 Å². The summed E-state index contributed by atoms with van der Waals surface area (Å²) < 4.78 is 1.07. The number of halogens is 1. The number of Topliss-reactive ketones (excluding diaryl/α,β-unsaturated/α-hetero) is 1. The highest BCUT2D eigenvalue weighted by Gasteiger charge is 2.20. The molecule has 0 heterocycles. The quantitative estimate of drug-likeness (QED) is 0.730. The maximum Gasteiger partial charge on any atom is 0.303 e. The van der Waals surface area contributed by atoms with E-state index in [0.29, 0.717) is 6.42 Å². The number of allylic oxidation sites excluding steroid dienone is 2. The molecule has 90 valence electrons. The Kier molecular flexibility index (Phi) is 5.74. The number of rotatable bonds is 7. The molecule has 16 heavy (non-hydrogen) atoms. The molecule has 0 saturated carbocycles. The average molecular weight is 289 g/mol. The van der Waals surface area contributed by atoms with Crippen LogP contribution in [-0.2, 0) is 9.59 Å². The van der Waals surface area contributed by atoms with Gasteiger partial charge in [0, 0.05) is 22.9 Å². The molecule has 0 aromatic rings. The Hall–Kier alpha value is -0.640. The molecular formula is C12H17BrO3. The van der Waals surface area contributed by atoms with Crippen LogP contribution in [0, 0.1) is 0 Å². The number of carboxylic acids is 1. The van der Waals surface area contributed by atoms with Crippen molar-refractivity contribution in [1.29, 1.82) is 0 Å². The van der Waals surface area contributed by atoms with E-state index in [2.05, 4.69) is 15.9 Å². The second kappa shape index (κ2) is 6.84. The minimum absolute atomic E-state index is 0.255. The van der Waals surface area contributed by atoms with Crippen LogP contribution < -0.4 is 0 Å². The summed E-state index contributed by atoms with van der Waals surface area (Å²) in [7, 11) is 0. The number of carbonyl (C=O) groups excluding carboxylic acids is 1. The molecule has 0 fully saturated rings. The molecule has 0 saturated heterocycles. The Labute approximate surface area is 104 Å². The van der Waals surface area contributed by atoms with Crippen LogP contribution in [0.25, 0.3) is 0 Å². The number of carboxylic acid groups (broad SMARTS) is 1. The van der Waals surface area contributed by atoms with Crippen molar-refractivity contribution in [3.8, 4) is 0 Å². The molecule has 1 N–H and O–H groups in total. The normalized spacial score (nSPS) is 15.9. The van der Waals surface area contributed by atoms with E-state index in [-0.39, 0.29) is 12.2 Å². The van der Waals surface area contributed by atoms with Crippen molar-refractivity contribution >= 4 is 27.7 Å². The third-order valence-corrected chi connectivity index (χ3v) is 3.68. The molecule has 1 aliphatic rings. The zero-order valence-corrected chi connectivity index (χ0v) is 10.9. The fourth-order valence-electron chi connectivity index (χ4n) is 1.88. The fraction of sp³-hybridized carbons (Fsp3) is 0.667. The van der Waals surface area contributed by atoms with Crippen molar-refractivity contribution in [1.82, 2.24) is 0 Å². The zero-order valence-electron chi connectivity index (χ0n) is 9.30. The van der Waals surface area contributed by atoms with Gasteiger partial charge in [0.15, 0.2) is 5.78 Å². The third kappa shape index (κ3) is 4.47. The summed E-state index contributed by atoms with van der Waals surface area (Å²) in [6.07, 6.45) is 6.26. The van der Waals surface area contributed by atoms with Crippen LogP contribution in [0.4, 0.5) is 0 Å². The molecule has 1 rings (SSSR count). The minimum atomic E-state index is -0.726. The van der Waals surface area contributed by atoms with Gasteiger partial charge in [0.1, 0.15) is 0 Å². The molecule has 0 spiro atoms. The summed E-state index contributed by atoms with van der Waals surface area (Å²) in [5.41, 5.74) is 0.957. The summed E-state index contributed by atoms with van der Waals surface area (Å²) in [5.74, 6) is -0.450. The van der Waals surface area contributed by atoms with Gasteiger partial charge in [-0.15, -0.1) is 0 Å². The highest BCUT2D eigenvalue weighted by Crippen LogP contribution is 2.30. The number of hydrogen-bond acceptors (Lipinski definition) is 2. The lowest BCUT2D eigenvalue weighted by molar-refractivity contribution is -0.137. The van der Waals surface area contributed by atoms with E-state index in [1.165, 1.54) is 0 Å². The number of hydrogen-bond donors (Lipinski definition) is 1. The number of ketones is 1. The van der Waals surface area contributed by atoms with Gasteiger partial charge in [-0.25, -0.2) is 0 Å². The number of unbranched alkanes of at least 4 members (excludes halogenated alkanes) is 3. The van der Waals surface area contributed by atoms with E-state index in [0.717, 1.165) is 48.6 Å². The van der Waals surface area contributed by atoms with Crippen LogP contribution in [0.5, 0.6) is 0 Å². The van der Waals surface area contributed by atoms with E-state index in [1.54, 1.807) is 0 Å². The van der Waals surface area contributed by atoms with Crippen LogP contribution in [0.1, 0.15) is 51.4 Å². The molecule has 0 atom stereocenters. The summed E-state index contributed by atoms with van der Waals surface area (Å²) in [5, 5.41) is 8.45. The Morgan fingerprint density at radius 1 is 1.19 bits per heavy atom. The van der Waals surface area contributed by atoms with Gasteiger partial charge < -0.3 is 5.11 Å². The van der Waals surface area contributed by atoms with Gasteiger partial charge in [0.05, 0.1) is 0 Å². The van der Waals surface area contributed by atoms with Crippen LogP contribution >= 0.6 is 15.9 Å². The molecule has 1 aliphatic carbocycles. The van der Waals surface area contributed by atoms with Gasteiger partial charge in [0.25, 0.3) is 0 Å². The Morgan fingerprint density at radius 3 is 2.44 bits per heavy atom. The van der Waals surface area contributed by atoms with E-state index in [1.807, 2.05) is 0 Å². The summed E-state index contributed by atoms with van der Waals surface area (Å²) in [6.45, 7) is 0. The number of carbonyl (C=O) groups is 2. The first kappa shape index (κ1) is 13.4. The van der Waals surface area contributed by atoms with Crippen LogP contribution in [-0.4, -0.2) is 16.9 Å². The second-order valence-corrected chi connectivity index (χ2v) is 5.07. The van der Waals surface area contributed by atoms with Gasteiger partial charge >= 0.3 is 5.97 Å². The van der Waals surface area contributed by atoms with Gasteiger partial charge in [-0.05, 0) is 25.7 Å². The topological polar surface area (TPSA) is 54.4 Å². The summed E-state index contributed by atoms with van der Waals surface area (Å²) in [6, 6.07) is 0. The van der Waals surface area contributed by atoms with E-state index >= 15 is 0 Å². The van der Waals surface area contributed by atoms with Gasteiger partial charge in [-0.2, -0.15) is 0 Å². The fourth-order valence-corrected chi connectivity index (χ4v) is 2.50. The minimum Gasteiger partial charge on any atom is -0.481 e. The first-order valence-electron chi connectivity index (χ1n) is 5.74. The molecule has 0 bridgehead atoms. The molecule has 0 amide bonds. The third-order valence-electron chi connectivity index (χ3n) is 2.80. The molecule has 0 aromatic carbocycles. The highest BCUT2D eigenvalue weighted by molar-refractivity contribution is 9.11. The lowest BCUT2D eigenvalue weighted by Crippen LogP contribution is -1.96. The predicted octanol–water partition coefficient (Wildman–Crippen LogP) is 3.42. The monoisotopic (exact) mass is 288 g/mol. The molecule has 3 nitrogen and oxygen atoms in total. The van der Waals surface area contributed by atoms with Crippen molar-refractivity contribution in [3.63, 3.8) is 0 Å². The lowest BCUT2D eigenvalue weighted by Gasteiger charge is -2.02. The van der Waals surface area contributed by atoms with Crippen LogP contribution in [0.2, 0.25) is 0 Å². The van der Waals surface area contributed by atoms with Crippen molar-refractivity contribution < 1.29 is 14.7 Å². The first-order chi connectivity index (χ1) is 7.61. The molecule has 0 radical (unpaired) electrons. The molecule has 0 unspecified atom stereocenters. The predicted molar refractivity (Wildman–Crippen MR) is 65.5 cm³/mol. The Bertz CT molecular complexity index is 307. The van der Waals surface area contributed by atoms with Crippen molar-refractivity contribution in [2.24, 2.45) is 0 Å². The smallest absolute Gasteiger partial charge is 0.303 e. The van der Waals surface area contributed by atoms with Gasteiger partial charge in [0.2, 0.25) is 0 Å². The Balaban J connectivity index is 2.09. The maximum atomic E-state index is 11.4. The largest absolute Gasteiger partial charge is 0.481 e. The van der Waals surface area contributed by atoms with Crippen LogP contribution in [0.15, 0.2) is 10.1 Å². The maximum absolute atomic E-state index is 11.4. The van der Waals surface area contributed by atoms with E-state index in [4.69, 9.17) is 5.11 Å². The lowest BCUT2D eigenvalue weighted by atomic mass is 10.0. The van der Waals surface area contributed by atoms with E-state index in [9.17, 15) is 9.59 Å². The van der Waals surface area contributed by atoms with Gasteiger partial charge in [-0.1, -0.05) is 28.8 Å². The highest BCUT2D eigenvalue weighted by atomic mass is 79.9. The average Bonchev–Trinajstić information content (AvgIpc) is 2.53. The molecule has 4 heteroatoms. The summed E-state index contributed by atoms with van der Waals surface area (Å²) >= 11 is 3.43.